The number of ether oxygens (including phenoxy) is 1. The molecule has 4 heteroatoms. The molecule has 2 atom stereocenters. The molecule has 106 valence electrons. The summed E-state index contributed by atoms with van der Waals surface area (Å²) < 4.78 is 8.05. The smallest absolute Gasteiger partial charge is 0.137 e. The number of hydrogen-bond donors (Lipinski definition) is 0. The molecular formula is C16H21N3O. The first-order valence-electron chi connectivity index (χ1n) is 7.68. The number of aromatic nitrogens is 2. The summed E-state index contributed by atoms with van der Waals surface area (Å²) >= 11 is 0. The minimum atomic E-state index is 0.453. The lowest BCUT2D eigenvalue weighted by atomic mass is 9.90. The maximum Gasteiger partial charge on any atom is 0.137 e. The van der Waals surface area contributed by atoms with Crippen LogP contribution in [-0.4, -0.2) is 39.6 Å². The summed E-state index contributed by atoms with van der Waals surface area (Å²) in [5.74, 6) is 0. The third kappa shape index (κ3) is 2.23. The largest absolute Gasteiger partial charge is 0.375 e. The quantitative estimate of drug-likeness (QED) is 0.840. The Morgan fingerprint density at radius 3 is 3.15 bits per heavy atom. The lowest BCUT2D eigenvalue weighted by molar-refractivity contribution is -0.0914. The third-order valence-electron chi connectivity index (χ3n) is 4.63. The number of fused-ring (bicyclic) bond motifs is 2. The van der Waals surface area contributed by atoms with Crippen LogP contribution in [0.25, 0.3) is 5.65 Å². The first-order chi connectivity index (χ1) is 9.90. The van der Waals surface area contributed by atoms with E-state index in [0.717, 1.165) is 25.3 Å². The average molecular weight is 271 g/mol. The Morgan fingerprint density at radius 2 is 2.20 bits per heavy atom. The molecule has 0 spiro atoms. The molecule has 0 unspecified atom stereocenters. The van der Waals surface area contributed by atoms with Crippen LogP contribution in [0.4, 0.5) is 0 Å². The molecule has 20 heavy (non-hydrogen) atoms. The van der Waals surface area contributed by atoms with Crippen molar-refractivity contribution in [3.8, 4) is 0 Å². The highest BCUT2D eigenvalue weighted by Crippen LogP contribution is 2.29. The van der Waals surface area contributed by atoms with Crippen molar-refractivity contribution in [3.05, 3.63) is 36.3 Å². The maximum atomic E-state index is 5.94. The summed E-state index contributed by atoms with van der Waals surface area (Å²) in [5.41, 5.74) is 2.21. The molecule has 2 aromatic heterocycles. The van der Waals surface area contributed by atoms with Gasteiger partial charge in [-0.1, -0.05) is 18.9 Å². The molecule has 3 heterocycles. The molecule has 0 aromatic carbocycles. The molecule has 2 aromatic rings. The maximum absolute atomic E-state index is 5.94. The van der Waals surface area contributed by atoms with Crippen molar-refractivity contribution in [2.24, 2.45) is 0 Å². The number of pyridine rings is 1. The fourth-order valence-corrected chi connectivity index (χ4v) is 3.64. The van der Waals surface area contributed by atoms with E-state index < -0.39 is 0 Å². The first-order valence-corrected chi connectivity index (χ1v) is 7.68. The molecule has 1 aliphatic carbocycles. The Morgan fingerprint density at radius 1 is 1.25 bits per heavy atom. The molecular weight excluding hydrogens is 250 g/mol. The first kappa shape index (κ1) is 12.4. The second-order valence-electron chi connectivity index (χ2n) is 5.93. The van der Waals surface area contributed by atoms with E-state index in [-0.39, 0.29) is 0 Å². The van der Waals surface area contributed by atoms with Crippen LogP contribution < -0.4 is 0 Å². The lowest BCUT2D eigenvalue weighted by Gasteiger charge is -2.43. The van der Waals surface area contributed by atoms with Crippen molar-refractivity contribution in [2.75, 3.05) is 13.2 Å². The second-order valence-corrected chi connectivity index (χ2v) is 5.93. The molecule has 0 radical (unpaired) electrons. The predicted octanol–water partition coefficient (Wildman–Crippen LogP) is 2.48. The van der Waals surface area contributed by atoms with Crippen LogP contribution in [0.1, 0.15) is 31.4 Å². The Kier molecular flexibility index (Phi) is 3.20. The van der Waals surface area contributed by atoms with E-state index in [1.165, 1.54) is 31.4 Å². The van der Waals surface area contributed by atoms with E-state index in [0.29, 0.717) is 12.1 Å². The van der Waals surface area contributed by atoms with Gasteiger partial charge in [0.25, 0.3) is 0 Å². The fourth-order valence-electron chi connectivity index (χ4n) is 3.64. The normalized spacial score (nSPS) is 27.6. The van der Waals surface area contributed by atoms with Gasteiger partial charge in [-0.2, -0.15) is 0 Å². The van der Waals surface area contributed by atoms with Crippen molar-refractivity contribution in [3.63, 3.8) is 0 Å². The summed E-state index contributed by atoms with van der Waals surface area (Å²) in [6.07, 6.45) is 9.84. The standard InChI is InChI=1S/C16H21N3O/c1-2-6-15-14(5-1)18(9-10-20-15)11-13-12-19-8-4-3-7-16(19)17-13/h3-4,7-8,12,14-15H,1-2,5-6,9-11H2/t14-,15-/m1/s1. The van der Waals surface area contributed by atoms with E-state index >= 15 is 0 Å². The number of rotatable bonds is 2. The van der Waals surface area contributed by atoms with Crippen LogP contribution in [0, 0.1) is 0 Å². The van der Waals surface area contributed by atoms with Gasteiger partial charge in [0.15, 0.2) is 0 Å². The van der Waals surface area contributed by atoms with Gasteiger partial charge in [0.05, 0.1) is 18.4 Å². The Hall–Kier alpha value is -1.39. The molecule has 4 rings (SSSR count). The Balaban J connectivity index is 1.54. The second kappa shape index (κ2) is 5.19. The van der Waals surface area contributed by atoms with Crippen LogP contribution in [0.3, 0.4) is 0 Å². The van der Waals surface area contributed by atoms with Crippen LogP contribution in [0.5, 0.6) is 0 Å². The molecule has 4 nitrogen and oxygen atoms in total. The SMILES string of the molecule is c1ccn2cc(CN3CCO[C@@H]4CCCC[C@H]43)nc2c1. The van der Waals surface area contributed by atoms with Crippen molar-refractivity contribution in [1.29, 1.82) is 0 Å². The predicted molar refractivity (Wildman–Crippen MR) is 77.6 cm³/mol. The zero-order chi connectivity index (χ0) is 13.4. The summed E-state index contributed by atoms with van der Waals surface area (Å²) in [4.78, 5) is 7.30. The average Bonchev–Trinajstić information content (AvgIpc) is 2.90. The van der Waals surface area contributed by atoms with Crippen molar-refractivity contribution < 1.29 is 4.74 Å². The van der Waals surface area contributed by atoms with Gasteiger partial charge in [-0.25, -0.2) is 4.98 Å². The Labute approximate surface area is 119 Å². The van der Waals surface area contributed by atoms with Gasteiger partial charge in [-0.05, 0) is 25.0 Å². The van der Waals surface area contributed by atoms with E-state index in [1.807, 2.05) is 12.1 Å². The zero-order valence-electron chi connectivity index (χ0n) is 11.7. The fraction of sp³-hybridized carbons (Fsp3) is 0.562. The molecule has 2 fully saturated rings. The highest BCUT2D eigenvalue weighted by Gasteiger charge is 2.34. The summed E-state index contributed by atoms with van der Waals surface area (Å²) in [7, 11) is 0. The summed E-state index contributed by atoms with van der Waals surface area (Å²) in [6.45, 7) is 2.86. The zero-order valence-corrected chi connectivity index (χ0v) is 11.7. The minimum absolute atomic E-state index is 0.453. The Bertz CT molecular complexity index is 559. The summed E-state index contributed by atoms with van der Waals surface area (Å²) in [6, 6.07) is 6.75. The molecule has 1 aliphatic heterocycles. The van der Waals surface area contributed by atoms with Gasteiger partial charge in [-0.3, -0.25) is 4.90 Å². The highest BCUT2D eigenvalue weighted by atomic mass is 16.5. The topological polar surface area (TPSA) is 29.8 Å². The molecule has 1 saturated heterocycles. The van der Waals surface area contributed by atoms with Crippen molar-refractivity contribution in [1.82, 2.24) is 14.3 Å². The van der Waals surface area contributed by atoms with Crippen LogP contribution in [0.2, 0.25) is 0 Å². The van der Waals surface area contributed by atoms with Crippen LogP contribution in [0.15, 0.2) is 30.6 Å². The van der Waals surface area contributed by atoms with E-state index in [9.17, 15) is 0 Å². The molecule has 1 saturated carbocycles. The highest BCUT2D eigenvalue weighted by molar-refractivity contribution is 5.39. The van der Waals surface area contributed by atoms with Crippen LogP contribution in [-0.2, 0) is 11.3 Å². The lowest BCUT2D eigenvalue weighted by Crippen LogP contribution is -2.52. The van der Waals surface area contributed by atoms with Gasteiger partial charge >= 0.3 is 0 Å². The van der Waals surface area contributed by atoms with Gasteiger partial charge < -0.3 is 9.14 Å². The van der Waals surface area contributed by atoms with Gasteiger partial charge in [0.2, 0.25) is 0 Å². The van der Waals surface area contributed by atoms with E-state index in [4.69, 9.17) is 9.72 Å². The molecule has 2 aliphatic rings. The van der Waals surface area contributed by atoms with Gasteiger partial charge in [-0.15, -0.1) is 0 Å². The number of imidazole rings is 1. The summed E-state index contributed by atoms with van der Waals surface area (Å²) in [5, 5.41) is 0. The van der Waals surface area contributed by atoms with Crippen molar-refractivity contribution in [2.45, 2.75) is 44.4 Å². The van der Waals surface area contributed by atoms with Crippen molar-refractivity contribution >= 4 is 5.65 Å². The number of nitrogens with zero attached hydrogens (tertiary/aromatic N) is 3. The van der Waals surface area contributed by atoms with Gasteiger partial charge in [0.1, 0.15) is 5.65 Å². The molecule has 0 bridgehead atoms. The van der Waals surface area contributed by atoms with E-state index in [1.54, 1.807) is 0 Å². The minimum Gasteiger partial charge on any atom is -0.375 e. The third-order valence-corrected chi connectivity index (χ3v) is 4.63. The van der Waals surface area contributed by atoms with Crippen LogP contribution >= 0.6 is 0 Å². The van der Waals surface area contributed by atoms with Gasteiger partial charge in [0, 0.05) is 31.5 Å². The number of morpholine rings is 1. The molecule has 0 N–H and O–H groups in total. The van der Waals surface area contributed by atoms with E-state index in [2.05, 4.69) is 27.8 Å². The monoisotopic (exact) mass is 271 g/mol. The number of hydrogen-bond acceptors (Lipinski definition) is 3. The molecule has 0 amide bonds.